The first kappa shape index (κ1) is 22.6. The molecule has 0 radical (unpaired) electrons. The zero-order valence-electron chi connectivity index (χ0n) is 17.2. The number of rotatable bonds is 5. The van der Waals surface area contributed by atoms with Crippen molar-refractivity contribution in [3.63, 3.8) is 0 Å². The lowest BCUT2D eigenvalue weighted by molar-refractivity contribution is -0.120. The van der Waals surface area contributed by atoms with Gasteiger partial charge in [0.15, 0.2) is 0 Å². The van der Waals surface area contributed by atoms with Crippen LogP contribution in [0.5, 0.6) is 0 Å². The van der Waals surface area contributed by atoms with Crippen LogP contribution in [0.2, 0.25) is 5.02 Å². The second kappa shape index (κ2) is 9.13. The van der Waals surface area contributed by atoms with Crippen molar-refractivity contribution in [2.45, 2.75) is 34.3 Å². The van der Waals surface area contributed by atoms with E-state index < -0.39 is 15.3 Å². The van der Waals surface area contributed by atoms with Crippen LogP contribution in [0.25, 0.3) is 0 Å². The normalized spacial score (nSPS) is 19.6. The van der Waals surface area contributed by atoms with E-state index in [0.717, 1.165) is 17.9 Å². The quantitative estimate of drug-likeness (QED) is 0.660. The molecule has 4 rings (SSSR count). The predicted octanol–water partition coefficient (Wildman–Crippen LogP) is 3.59. The summed E-state index contributed by atoms with van der Waals surface area (Å²) in [5, 5.41) is 5.42. The van der Waals surface area contributed by atoms with Crippen LogP contribution >= 0.6 is 23.4 Å². The highest BCUT2D eigenvalue weighted by Crippen LogP contribution is 2.38. The molecule has 2 heterocycles. The van der Waals surface area contributed by atoms with Crippen LogP contribution in [0.1, 0.15) is 19.3 Å². The highest BCUT2D eigenvalue weighted by atomic mass is 35.5. The minimum Gasteiger partial charge on any atom is -0.362 e. The number of amidine groups is 1. The molecule has 1 atom stereocenters. The van der Waals surface area contributed by atoms with E-state index in [1.165, 1.54) is 36.0 Å². The van der Waals surface area contributed by atoms with Gasteiger partial charge in [-0.3, -0.25) is 9.59 Å². The maximum atomic E-state index is 12.5. The first-order valence-electron chi connectivity index (χ1n) is 9.93. The second-order valence-corrected chi connectivity index (χ2v) is 10.8. The third-order valence-electron chi connectivity index (χ3n) is 5.13. The molecule has 0 bridgehead atoms. The molecule has 2 aromatic rings. The van der Waals surface area contributed by atoms with Crippen LogP contribution in [0.4, 0.5) is 11.4 Å². The molecular weight excluding hydrogens is 472 g/mol. The molecule has 11 heteroatoms. The molecule has 1 unspecified atom stereocenters. The maximum Gasteiger partial charge on any atom is 0.283 e. The predicted molar refractivity (Wildman–Crippen MR) is 126 cm³/mol. The number of amides is 2. The minimum absolute atomic E-state index is 0.0292. The van der Waals surface area contributed by atoms with Crippen molar-refractivity contribution in [1.82, 2.24) is 4.90 Å². The van der Waals surface area contributed by atoms with E-state index in [4.69, 9.17) is 11.6 Å². The van der Waals surface area contributed by atoms with E-state index in [1.807, 2.05) is 11.9 Å². The van der Waals surface area contributed by atoms with Gasteiger partial charge in [0, 0.05) is 42.0 Å². The van der Waals surface area contributed by atoms with E-state index in [9.17, 15) is 18.0 Å². The van der Waals surface area contributed by atoms with Crippen LogP contribution < -0.4 is 10.6 Å². The molecule has 0 aromatic heterocycles. The number of fused-ring (bicyclic) bond motifs is 1. The van der Waals surface area contributed by atoms with Gasteiger partial charge in [-0.2, -0.15) is 8.42 Å². The second-order valence-electron chi connectivity index (χ2n) is 7.52. The molecule has 2 N–H and O–H groups in total. The number of hydrogen-bond donors (Lipinski definition) is 2. The highest BCUT2D eigenvalue weighted by Gasteiger charge is 2.29. The topological polar surface area (TPSA) is 108 Å². The number of likely N-dealkylation sites (tertiary alicyclic amines) is 1. The Morgan fingerprint density at radius 3 is 2.72 bits per heavy atom. The largest absolute Gasteiger partial charge is 0.362 e. The van der Waals surface area contributed by atoms with Crippen LogP contribution in [0.3, 0.4) is 0 Å². The number of sulfonamides is 1. The van der Waals surface area contributed by atoms with Gasteiger partial charge in [-0.15, -0.1) is 16.2 Å². The third kappa shape index (κ3) is 5.08. The Hall–Kier alpha value is -2.56. The lowest BCUT2D eigenvalue weighted by atomic mass is 10.2. The van der Waals surface area contributed by atoms with Crippen LogP contribution in [0, 0.1) is 0 Å². The number of anilines is 2. The first-order chi connectivity index (χ1) is 15.2. The Morgan fingerprint density at radius 2 is 2.03 bits per heavy atom. The Balaban J connectivity index is 1.39. The van der Waals surface area contributed by atoms with E-state index in [2.05, 4.69) is 15.0 Å². The summed E-state index contributed by atoms with van der Waals surface area (Å²) in [5.74, 6) is -0.0645. The van der Waals surface area contributed by atoms with Gasteiger partial charge < -0.3 is 15.5 Å². The van der Waals surface area contributed by atoms with Gasteiger partial charge in [0.25, 0.3) is 10.0 Å². The molecule has 168 valence electrons. The Labute approximate surface area is 195 Å². The zero-order chi connectivity index (χ0) is 22.9. The van der Waals surface area contributed by atoms with Gasteiger partial charge in [-0.05, 0) is 48.9 Å². The van der Waals surface area contributed by atoms with E-state index in [1.54, 1.807) is 18.2 Å². The summed E-state index contributed by atoms with van der Waals surface area (Å²) >= 11 is 7.26. The van der Waals surface area contributed by atoms with Crippen LogP contribution in [-0.4, -0.2) is 49.8 Å². The number of thioether (sulfide) groups is 1. The summed E-state index contributed by atoms with van der Waals surface area (Å²) in [7, 11) is -2.00. The standard InChI is InChI=1S/C21H21ClN4O4S2/c1-26-10-2-3-19(26)25-32(29,30)15-7-5-14(6-8-15)23-20(27)12-18-21(28)24-16-11-13(22)4-9-17(16)31-18/h4-9,11,18H,2-3,10,12H2,1H3,(H,23,27)(H,24,28)/b25-19+. The molecule has 2 aliphatic heterocycles. The van der Waals surface area contributed by atoms with E-state index >= 15 is 0 Å². The maximum absolute atomic E-state index is 12.5. The summed E-state index contributed by atoms with van der Waals surface area (Å²) in [5.41, 5.74) is 1.07. The molecule has 1 saturated heterocycles. The summed E-state index contributed by atoms with van der Waals surface area (Å²) in [6, 6.07) is 11.0. The zero-order valence-corrected chi connectivity index (χ0v) is 19.6. The van der Waals surface area contributed by atoms with Gasteiger partial charge in [0.05, 0.1) is 15.8 Å². The number of nitrogens with zero attached hydrogens (tertiary/aromatic N) is 2. The van der Waals surface area contributed by atoms with Crippen molar-refractivity contribution >= 4 is 62.4 Å². The third-order valence-corrected chi connectivity index (χ3v) is 7.96. The number of carbonyl (C=O) groups excluding carboxylic acids is 2. The molecule has 1 fully saturated rings. The molecule has 0 aliphatic carbocycles. The summed E-state index contributed by atoms with van der Waals surface area (Å²) in [4.78, 5) is 27.5. The lowest BCUT2D eigenvalue weighted by Gasteiger charge is -2.23. The van der Waals surface area contributed by atoms with Gasteiger partial charge in [-0.1, -0.05) is 11.6 Å². The van der Waals surface area contributed by atoms with E-state index in [0.29, 0.717) is 28.7 Å². The van der Waals surface area contributed by atoms with Gasteiger partial charge >= 0.3 is 0 Å². The molecular formula is C21H21ClN4O4S2. The molecule has 2 amide bonds. The number of carbonyl (C=O) groups is 2. The fourth-order valence-electron chi connectivity index (χ4n) is 3.45. The minimum atomic E-state index is -3.82. The summed E-state index contributed by atoms with van der Waals surface area (Å²) < 4.78 is 29.0. The van der Waals surface area contributed by atoms with Gasteiger partial charge in [-0.25, -0.2) is 0 Å². The Kier molecular flexibility index (Phi) is 6.45. The number of halogens is 1. The number of hydrogen-bond acceptors (Lipinski definition) is 5. The van der Waals surface area contributed by atoms with Gasteiger partial charge in [0.1, 0.15) is 5.84 Å². The fourth-order valence-corrected chi connectivity index (χ4v) is 5.81. The molecule has 8 nitrogen and oxygen atoms in total. The molecule has 0 saturated carbocycles. The summed E-state index contributed by atoms with van der Waals surface area (Å²) in [6.07, 6.45) is 1.49. The van der Waals surface area contributed by atoms with Crippen molar-refractivity contribution in [2.75, 3.05) is 24.2 Å². The van der Waals surface area contributed by atoms with Crippen molar-refractivity contribution in [1.29, 1.82) is 0 Å². The number of benzene rings is 2. The number of nitrogens with one attached hydrogen (secondary N) is 2. The first-order valence-corrected chi connectivity index (χ1v) is 12.6. The van der Waals surface area contributed by atoms with Crippen molar-refractivity contribution in [3.8, 4) is 0 Å². The molecule has 2 aliphatic rings. The summed E-state index contributed by atoms with van der Waals surface area (Å²) in [6.45, 7) is 0.788. The highest BCUT2D eigenvalue weighted by molar-refractivity contribution is 8.01. The Bertz CT molecular complexity index is 1200. The van der Waals surface area contributed by atoms with E-state index in [-0.39, 0.29) is 23.1 Å². The molecule has 2 aromatic carbocycles. The van der Waals surface area contributed by atoms with Crippen molar-refractivity contribution in [2.24, 2.45) is 4.40 Å². The molecule has 32 heavy (non-hydrogen) atoms. The van der Waals surface area contributed by atoms with Crippen molar-refractivity contribution < 1.29 is 18.0 Å². The smallest absolute Gasteiger partial charge is 0.283 e. The Morgan fingerprint density at radius 1 is 1.28 bits per heavy atom. The van der Waals surface area contributed by atoms with Crippen molar-refractivity contribution in [3.05, 3.63) is 47.5 Å². The fraction of sp³-hybridized carbons (Fsp3) is 0.286. The van der Waals surface area contributed by atoms with Gasteiger partial charge in [0.2, 0.25) is 11.8 Å². The average Bonchev–Trinajstić information content (AvgIpc) is 3.13. The molecule has 0 spiro atoms. The SMILES string of the molecule is CN1CCC/C1=N\S(=O)(=O)c1ccc(NC(=O)CC2Sc3ccc(Cl)cc3NC2=O)cc1. The van der Waals surface area contributed by atoms with Crippen LogP contribution in [-0.2, 0) is 19.6 Å². The van der Waals surface area contributed by atoms with Crippen LogP contribution in [0.15, 0.2) is 56.7 Å². The average molecular weight is 493 g/mol. The monoisotopic (exact) mass is 492 g/mol. The lowest BCUT2D eigenvalue weighted by Crippen LogP contribution is -2.32.